The van der Waals surface area contributed by atoms with Gasteiger partial charge in [-0.2, -0.15) is 0 Å². The SMILES string of the molecule is COc1cc2c(cc1-c1c(C)noc1C)[nH]c1nc(C)nc(-c3ccnc(C(C)C)c3)c12. The third-order valence-electron chi connectivity index (χ3n) is 5.83. The lowest BCUT2D eigenvalue weighted by Gasteiger charge is -2.10. The second-order valence-electron chi connectivity index (χ2n) is 8.39. The Hall–Kier alpha value is -3.74. The molecule has 0 saturated heterocycles. The number of fused-ring (bicyclic) bond motifs is 3. The van der Waals surface area contributed by atoms with Gasteiger partial charge in [-0.15, -0.1) is 0 Å². The minimum Gasteiger partial charge on any atom is -0.496 e. The van der Waals surface area contributed by atoms with Crippen LogP contribution in [0.4, 0.5) is 0 Å². The predicted octanol–water partition coefficient (Wildman–Crippen LogP) is 5.89. The van der Waals surface area contributed by atoms with Crippen LogP contribution in [-0.2, 0) is 0 Å². The maximum atomic E-state index is 5.79. The third kappa shape index (κ3) is 3.12. The summed E-state index contributed by atoms with van der Waals surface area (Å²) in [6, 6.07) is 8.23. The molecule has 0 saturated carbocycles. The van der Waals surface area contributed by atoms with Gasteiger partial charge in [0.25, 0.3) is 0 Å². The molecule has 0 atom stereocenters. The Balaban J connectivity index is 1.83. The standard InChI is InChI=1S/C25H25N5O2/c1-12(2)19-9-16(7-8-26-19)24-23-17-11-21(31-6)18(22-13(3)30-32-14(22)4)10-20(17)29-25(23)28-15(5)27-24/h7-12H,1-6H3,(H,27,28,29). The van der Waals surface area contributed by atoms with Crippen molar-refractivity contribution in [1.82, 2.24) is 25.1 Å². The lowest BCUT2D eigenvalue weighted by atomic mass is 9.99. The van der Waals surface area contributed by atoms with Crippen LogP contribution >= 0.6 is 0 Å². The molecule has 7 nitrogen and oxygen atoms in total. The number of nitrogens with one attached hydrogen (secondary N) is 1. The first kappa shape index (κ1) is 20.2. The molecule has 0 amide bonds. The van der Waals surface area contributed by atoms with Gasteiger partial charge in [0.2, 0.25) is 0 Å². The second kappa shape index (κ2) is 7.44. The highest BCUT2D eigenvalue weighted by molar-refractivity contribution is 6.13. The maximum Gasteiger partial charge on any atom is 0.142 e. The van der Waals surface area contributed by atoms with Gasteiger partial charge in [-0.25, -0.2) is 9.97 Å². The van der Waals surface area contributed by atoms with E-state index in [0.717, 1.165) is 67.2 Å². The van der Waals surface area contributed by atoms with Crippen LogP contribution in [0.3, 0.4) is 0 Å². The number of ether oxygens (including phenoxy) is 1. The molecule has 5 rings (SSSR count). The van der Waals surface area contributed by atoms with E-state index >= 15 is 0 Å². The van der Waals surface area contributed by atoms with E-state index in [2.05, 4.69) is 46.1 Å². The molecular weight excluding hydrogens is 402 g/mol. The molecule has 1 N–H and O–H groups in total. The van der Waals surface area contributed by atoms with E-state index in [9.17, 15) is 0 Å². The normalized spacial score (nSPS) is 11.7. The van der Waals surface area contributed by atoms with Crippen molar-refractivity contribution in [2.75, 3.05) is 7.11 Å². The zero-order valence-electron chi connectivity index (χ0n) is 19.1. The molecule has 32 heavy (non-hydrogen) atoms. The summed E-state index contributed by atoms with van der Waals surface area (Å²) in [4.78, 5) is 17.5. The number of methoxy groups -OCH3 is 1. The number of aryl methyl sites for hydroxylation is 3. The van der Waals surface area contributed by atoms with E-state index in [1.165, 1.54) is 0 Å². The summed E-state index contributed by atoms with van der Waals surface area (Å²) < 4.78 is 11.2. The van der Waals surface area contributed by atoms with Gasteiger partial charge in [0.05, 0.1) is 29.4 Å². The predicted molar refractivity (Wildman–Crippen MR) is 125 cm³/mol. The van der Waals surface area contributed by atoms with Crippen molar-refractivity contribution in [1.29, 1.82) is 0 Å². The van der Waals surface area contributed by atoms with E-state index in [1.54, 1.807) is 7.11 Å². The molecule has 4 heterocycles. The van der Waals surface area contributed by atoms with Crippen LogP contribution in [0.15, 0.2) is 35.0 Å². The molecule has 0 unspecified atom stereocenters. The first-order valence-electron chi connectivity index (χ1n) is 10.6. The number of aromatic nitrogens is 5. The lowest BCUT2D eigenvalue weighted by molar-refractivity contribution is 0.393. The van der Waals surface area contributed by atoms with Crippen molar-refractivity contribution in [3.05, 3.63) is 53.4 Å². The fraction of sp³-hybridized carbons (Fsp3) is 0.280. The van der Waals surface area contributed by atoms with Crippen LogP contribution in [0.25, 0.3) is 44.3 Å². The van der Waals surface area contributed by atoms with Gasteiger partial charge < -0.3 is 14.2 Å². The fourth-order valence-corrected chi connectivity index (χ4v) is 4.29. The average molecular weight is 428 g/mol. The maximum absolute atomic E-state index is 5.79. The summed E-state index contributed by atoms with van der Waals surface area (Å²) in [6.07, 6.45) is 1.85. The van der Waals surface area contributed by atoms with Gasteiger partial charge in [0.15, 0.2) is 0 Å². The molecule has 1 aromatic carbocycles. The Morgan fingerprint density at radius 1 is 1.06 bits per heavy atom. The number of rotatable bonds is 4. The number of hydrogen-bond donors (Lipinski definition) is 1. The van der Waals surface area contributed by atoms with E-state index in [4.69, 9.17) is 14.2 Å². The Kier molecular flexibility index (Phi) is 4.69. The van der Waals surface area contributed by atoms with E-state index < -0.39 is 0 Å². The van der Waals surface area contributed by atoms with Gasteiger partial charge in [-0.05, 0) is 51.0 Å². The topological polar surface area (TPSA) is 89.7 Å². The monoisotopic (exact) mass is 427 g/mol. The smallest absolute Gasteiger partial charge is 0.142 e. The summed E-state index contributed by atoms with van der Waals surface area (Å²) in [5, 5.41) is 6.08. The molecule has 4 aromatic heterocycles. The number of pyridine rings is 1. The van der Waals surface area contributed by atoms with Crippen LogP contribution in [0, 0.1) is 20.8 Å². The Morgan fingerprint density at radius 3 is 2.56 bits per heavy atom. The van der Waals surface area contributed by atoms with Crippen molar-refractivity contribution in [3.8, 4) is 28.1 Å². The molecule has 0 bridgehead atoms. The zero-order valence-corrected chi connectivity index (χ0v) is 19.1. The first-order chi connectivity index (χ1) is 15.4. The van der Waals surface area contributed by atoms with Gasteiger partial charge in [-0.1, -0.05) is 19.0 Å². The highest BCUT2D eigenvalue weighted by Gasteiger charge is 2.21. The largest absolute Gasteiger partial charge is 0.496 e. The highest BCUT2D eigenvalue weighted by atomic mass is 16.5. The van der Waals surface area contributed by atoms with Gasteiger partial charge >= 0.3 is 0 Å². The van der Waals surface area contributed by atoms with Crippen molar-refractivity contribution < 1.29 is 9.26 Å². The molecule has 0 spiro atoms. The van der Waals surface area contributed by atoms with Crippen molar-refractivity contribution in [2.24, 2.45) is 0 Å². The first-order valence-corrected chi connectivity index (χ1v) is 10.6. The molecule has 0 aliphatic heterocycles. The van der Waals surface area contributed by atoms with Crippen LogP contribution in [-0.4, -0.2) is 32.2 Å². The van der Waals surface area contributed by atoms with Crippen molar-refractivity contribution in [3.63, 3.8) is 0 Å². The molecule has 0 fully saturated rings. The number of H-pyrrole nitrogens is 1. The van der Waals surface area contributed by atoms with Crippen LogP contribution < -0.4 is 4.74 Å². The van der Waals surface area contributed by atoms with E-state index in [0.29, 0.717) is 11.7 Å². The third-order valence-corrected chi connectivity index (χ3v) is 5.83. The van der Waals surface area contributed by atoms with Gasteiger partial charge in [-0.3, -0.25) is 4.98 Å². The minimum absolute atomic E-state index is 0.328. The van der Waals surface area contributed by atoms with Crippen LogP contribution in [0.2, 0.25) is 0 Å². The summed E-state index contributed by atoms with van der Waals surface area (Å²) >= 11 is 0. The van der Waals surface area contributed by atoms with E-state index in [1.807, 2.05) is 39.1 Å². The summed E-state index contributed by atoms with van der Waals surface area (Å²) in [5.74, 6) is 2.54. The number of nitrogens with zero attached hydrogens (tertiary/aromatic N) is 4. The molecule has 0 aliphatic rings. The quantitative estimate of drug-likeness (QED) is 0.385. The molecule has 7 heteroatoms. The summed E-state index contributed by atoms with van der Waals surface area (Å²) in [5.41, 5.74) is 7.39. The van der Waals surface area contributed by atoms with Crippen molar-refractivity contribution >= 4 is 21.9 Å². The second-order valence-corrected chi connectivity index (χ2v) is 8.39. The summed E-state index contributed by atoms with van der Waals surface area (Å²) in [7, 11) is 1.68. The number of aromatic amines is 1. The molecule has 5 aromatic rings. The zero-order chi connectivity index (χ0) is 22.6. The van der Waals surface area contributed by atoms with Crippen molar-refractivity contribution in [2.45, 2.75) is 40.5 Å². The Morgan fingerprint density at radius 2 is 1.88 bits per heavy atom. The van der Waals surface area contributed by atoms with Crippen LogP contribution in [0.5, 0.6) is 5.75 Å². The fourth-order valence-electron chi connectivity index (χ4n) is 4.29. The van der Waals surface area contributed by atoms with E-state index in [-0.39, 0.29) is 0 Å². The van der Waals surface area contributed by atoms with Crippen LogP contribution in [0.1, 0.15) is 42.7 Å². The molecular formula is C25H25N5O2. The highest BCUT2D eigenvalue weighted by Crippen LogP contribution is 2.41. The number of benzene rings is 1. The Labute approximate surface area is 185 Å². The molecule has 162 valence electrons. The minimum atomic E-state index is 0.328. The lowest BCUT2D eigenvalue weighted by Crippen LogP contribution is -1.96. The van der Waals surface area contributed by atoms with Gasteiger partial charge in [0.1, 0.15) is 23.0 Å². The molecule has 0 radical (unpaired) electrons. The number of hydrogen-bond acceptors (Lipinski definition) is 6. The average Bonchev–Trinajstić information content (AvgIpc) is 3.30. The molecule has 0 aliphatic carbocycles. The van der Waals surface area contributed by atoms with Gasteiger partial charge in [0, 0.05) is 33.9 Å². The Bertz CT molecular complexity index is 1460. The summed E-state index contributed by atoms with van der Waals surface area (Å²) in [6.45, 7) is 10.0.